The molecule has 0 aromatic heterocycles. The first-order valence-corrected chi connectivity index (χ1v) is 9.37. The van der Waals surface area contributed by atoms with Crippen LogP contribution in [0.3, 0.4) is 0 Å². The normalized spacial score (nSPS) is 19.3. The number of benzene rings is 2. The minimum absolute atomic E-state index is 0.0732. The van der Waals surface area contributed by atoms with Crippen molar-refractivity contribution in [3.8, 4) is 11.8 Å². The number of rotatable bonds is 3. The lowest BCUT2D eigenvalue weighted by Crippen LogP contribution is -2.41. The van der Waals surface area contributed by atoms with Crippen LogP contribution in [-0.4, -0.2) is 18.8 Å². The summed E-state index contributed by atoms with van der Waals surface area (Å²) in [5.41, 5.74) is 3.25. The van der Waals surface area contributed by atoms with Crippen LogP contribution in [0.5, 0.6) is 5.75 Å². The molecule has 4 rings (SSSR count). The fourth-order valence-corrected chi connectivity index (χ4v) is 4.26. The van der Waals surface area contributed by atoms with Crippen LogP contribution < -0.4 is 9.64 Å². The molecule has 1 atom stereocenters. The highest BCUT2D eigenvalue weighted by molar-refractivity contribution is 6.08. The molecule has 5 heteroatoms. The summed E-state index contributed by atoms with van der Waals surface area (Å²) in [6.07, 6.45) is 1.99. The van der Waals surface area contributed by atoms with Gasteiger partial charge in [0.1, 0.15) is 11.8 Å². The van der Waals surface area contributed by atoms with Crippen LogP contribution in [-0.2, 0) is 9.59 Å². The van der Waals surface area contributed by atoms with Crippen molar-refractivity contribution in [1.29, 1.82) is 5.26 Å². The maximum Gasteiger partial charge on any atom is 0.232 e. The maximum atomic E-state index is 13.2. The van der Waals surface area contributed by atoms with E-state index in [1.54, 1.807) is 36.3 Å². The van der Waals surface area contributed by atoms with Crippen molar-refractivity contribution < 1.29 is 14.3 Å². The predicted octanol–water partition coefficient (Wildman–Crippen LogP) is 4.09. The van der Waals surface area contributed by atoms with Gasteiger partial charge in [0.2, 0.25) is 5.91 Å². The van der Waals surface area contributed by atoms with Crippen molar-refractivity contribution in [2.45, 2.75) is 31.6 Å². The first kappa shape index (κ1) is 18.0. The highest BCUT2D eigenvalue weighted by Crippen LogP contribution is 2.45. The standard InChI is InChI=1S/C23H20N2O3/c1-28-21-12-5-3-8-16(21)17-13-22(27)25(18-9-4-2-7-15(18)14-24)19-10-6-11-20(26)23(17)19/h2-5,7-9,12,17H,6,10-11,13H2,1H3. The number of allylic oxidation sites excluding steroid dienone is 2. The molecule has 0 bridgehead atoms. The number of amides is 1. The van der Waals surface area contributed by atoms with Gasteiger partial charge in [-0.25, -0.2) is 0 Å². The van der Waals surface area contributed by atoms with Crippen LogP contribution in [0.25, 0.3) is 0 Å². The molecule has 0 N–H and O–H groups in total. The number of carbonyl (C=O) groups excluding carboxylic acids is 2. The van der Waals surface area contributed by atoms with Crippen LogP contribution in [0.15, 0.2) is 59.8 Å². The first-order chi connectivity index (χ1) is 13.7. The number of hydrogen-bond donors (Lipinski definition) is 0. The quantitative estimate of drug-likeness (QED) is 0.813. The molecule has 1 unspecified atom stereocenters. The van der Waals surface area contributed by atoms with E-state index in [0.29, 0.717) is 41.8 Å². The molecule has 0 saturated heterocycles. The van der Waals surface area contributed by atoms with E-state index in [2.05, 4.69) is 6.07 Å². The Labute approximate surface area is 163 Å². The highest BCUT2D eigenvalue weighted by Gasteiger charge is 2.41. The number of nitrogens with zero attached hydrogens (tertiary/aromatic N) is 2. The van der Waals surface area contributed by atoms with E-state index in [1.807, 2.05) is 24.3 Å². The molecule has 5 nitrogen and oxygen atoms in total. The topological polar surface area (TPSA) is 70.4 Å². The first-order valence-electron chi connectivity index (χ1n) is 9.37. The molecule has 2 aliphatic rings. The van der Waals surface area contributed by atoms with Gasteiger partial charge in [-0.15, -0.1) is 0 Å². The lowest BCUT2D eigenvalue weighted by molar-refractivity contribution is -0.119. The van der Waals surface area contributed by atoms with E-state index in [-0.39, 0.29) is 24.0 Å². The fourth-order valence-electron chi connectivity index (χ4n) is 4.26. The third-order valence-corrected chi connectivity index (χ3v) is 5.45. The molecule has 28 heavy (non-hydrogen) atoms. The average Bonchev–Trinajstić information content (AvgIpc) is 2.73. The number of ketones is 1. The molecule has 0 saturated carbocycles. The van der Waals surface area contributed by atoms with Gasteiger partial charge in [-0.2, -0.15) is 5.26 Å². The van der Waals surface area contributed by atoms with Gasteiger partial charge in [0.15, 0.2) is 5.78 Å². The SMILES string of the molecule is COc1ccccc1C1CC(=O)N(c2ccccc2C#N)C2=C1C(=O)CCC2. The van der Waals surface area contributed by atoms with Gasteiger partial charge in [-0.1, -0.05) is 30.3 Å². The molecular weight excluding hydrogens is 352 g/mol. The molecule has 2 aromatic rings. The molecule has 2 aromatic carbocycles. The zero-order chi connectivity index (χ0) is 19.7. The molecule has 1 amide bonds. The van der Waals surface area contributed by atoms with E-state index < -0.39 is 0 Å². The second kappa shape index (κ2) is 7.32. The van der Waals surface area contributed by atoms with Gasteiger partial charge in [-0.05, 0) is 31.0 Å². The van der Waals surface area contributed by atoms with Crippen LogP contribution in [0.4, 0.5) is 5.69 Å². The number of hydrogen-bond acceptors (Lipinski definition) is 4. The predicted molar refractivity (Wildman–Crippen MR) is 105 cm³/mol. The largest absolute Gasteiger partial charge is 0.496 e. The lowest BCUT2D eigenvalue weighted by atomic mass is 9.76. The Balaban J connectivity index is 1.92. The molecule has 0 radical (unpaired) electrons. The zero-order valence-electron chi connectivity index (χ0n) is 15.6. The molecule has 1 heterocycles. The summed E-state index contributed by atoms with van der Waals surface area (Å²) in [6, 6.07) is 16.7. The van der Waals surface area contributed by atoms with Crippen LogP contribution in [0, 0.1) is 11.3 Å². The fraction of sp³-hybridized carbons (Fsp3) is 0.261. The number of anilines is 1. The van der Waals surface area contributed by atoms with E-state index in [4.69, 9.17) is 4.74 Å². The number of para-hydroxylation sites is 2. The Bertz CT molecular complexity index is 1030. The summed E-state index contributed by atoms with van der Waals surface area (Å²) in [7, 11) is 1.59. The van der Waals surface area contributed by atoms with Gasteiger partial charge in [0, 0.05) is 35.6 Å². The van der Waals surface area contributed by atoms with Crippen LogP contribution >= 0.6 is 0 Å². The highest BCUT2D eigenvalue weighted by atomic mass is 16.5. The summed E-state index contributed by atoms with van der Waals surface area (Å²) < 4.78 is 5.49. The average molecular weight is 372 g/mol. The Hall–Kier alpha value is -3.39. The van der Waals surface area contributed by atoms with E-state index >= 15 is 0 Å². The molecular formula is C23H20N2O3. The van der Waals surface area contributed by atoms with Gasteiger partial charge >= 0.3 is 0 Å². The number of Topliss-reactive ketones (excluding diaryl/α,β-unsaturated/α-hetero) is 1. The van der Waals surface area contributed by atoms with Crippen LogP contribution in [0.2, 0.25) is 0 Å². The summed E-state index contributed by atoms with van der Waals surface area (Å²) in [6.45, 7) is 0. The van der Waals surface area contributed by atoms with E-state index in [0.717, 1.165) is 11.3 Å². The Morgan fingerprint density at radius 1 is 1.07 bits per heavy atom. The third-order valence-electron chi connectivity index (χ3n) is 5.45. The summed E-state index contributed by atoms with van der Waals surface area (Å²) in [5, 5.41) is 9.49. The summed E-state index contributed by atoms with van der Waals surface area (Å²) >= 11 is 0. The Morgan fingerprint density at radius 3 is 2.61 bits per heavy atom. The van der Waals surface area contributed by atoms with E-state index in [1.165, 1.54) is 0 Å². The molecule has 1 aliphatic carbocycles. The van der Waals surface area contributed by atoms with Gasteiger partial charge in [-0.3, -0.25) is 14.5 Å². The third kappa shape index (κ3) is 2.87. The lowest BCUT2D eigenvalue weighted by Gasteiger charge is -2.38. The zero-order valence-corrected chi connectivity index (χ0v) is 15.6. The van der Waals surface area contributed by atoms with Crippen molar-refractivity contribution >= 4 is 17.4 Å². The smallest absolute Gasteiger partial charge is 0.232 e. The number of nitriles is 1. The van der Waals surface area contributed by atoms with Crippen LogP contribution in [0.1, 0.15) is 42.7 Å². The Kier molecular flexibility index (Phi) is 4.70. The number of methoxy groups -OCH3 is 1. The monoisotopic (exact) mass is 372 g/mol. The number of ether oxygens (including phenoxy) is 1. The van der Waals surface area contributed by atoms with Gasteiger partial charge in [0.25, 0.3) is 0 Å². The maximum absolute atomic E-state index is 13.2. The second-order valence-electron chi connectivity index (χ2n) is 6.99. The number of carbonyl (C=O) groups is 2. The molecule has 0 spiro atoms. The molecule has 140 valence electrons. The van der Waals surface area contributed by atoms with Crippen molar-refractivity contribution in [3.63, 3.8) is 0 Å². The molecule has 0 fully saturated rings. The van der Waals surface area contributed by atoms with Crippen molar-refractivity contribution in [1.82, 2.24) is 0 Å². The second-order valence-corrected chi connectivity index (χ2v) is 6.99. The molecule has 1 aliphatic heterocycles. The van der Waals surface area contributed by atoms with Crippen molar-refractivity contribution in [2.24, 2.45) is 0 Å². The minimum atomic E-state index is -0.322. The minimum Gasteiger partial charge on any atom is -0.496 e. The van der Waals surface area contributed by atoms with Crippen molar-refractivity contribution in [2.75, 3.05) is 12.0 Å². The summed E-state index contributed by atoms with van der Waals surface area (Å²) in [4.78, 5) is 27.8. The van der Waals surface area contributed by atoms with E-state index in [9.17, 15) is 14.9 Å². The van der Waals surface area contributed by atoms with Crippen molar-refractivity contribution in [3.05, 3.63) is 70.9 Å². The summed E-state index contributed by atoms with van der Waals surface area (Å²) in [5.74, 6) is 0.324. The Morgan fingerprint density at radius 2 is 1.82 bits per heavy atom. The van der Waals surface area contributed by atoms with Gasteiger partial charge < -0.3 is 4.74 Å². The van der Waals surface area contributed by atoms with Gasteiger partial charge in [0.05, 0.1) is 18.4 Å².